The van der Waals surface area contributed by atoms with Crippen molar-refractivity contribution in [2.24, 2.45) is 0 Å². The summed E-state index contributed by atoms with van der Waals surface area (Å²) < 4.78 is 37.7. The third-order valence-corrected chi connectivity index (χ3v) is 2.72. The van der Waals surface area contributed by atoms with Gasteiger partial charge in [0, 0.05) is 18.4 Å². The number of rotatable bonds is 3. The van der Waals surface area contributed by atoms with Gasteiger partial charge in [-0.25, -0.2) is 0 Å². The topological polar surface area (TPSA) is 68.0 Å². The first-order valence-corrected chi connectivity index (χ1v) is 6.02. The number of carbonyl (C=O) groups is 1. The lowest BCUT2D eigenvalue weighted by Gasteiger charge is -2.09. The maximum Gasteiger partial charge on any atom is 0.416 e. The van der Waals surface area contributed by atoms with Crippen molar-refractivity contribution in [3.05, 3.63) is 59.4 Å². The Kier molecular flexibility index (Phi) is 4.11. The number of nitrogens with zero attached hydrogens (tertiary/aromatic N) is 1. The predicted octanol–water partition coefficient (Wildman–Crippen LogP) is 2.61. The van der Waals surface area contributed by atoms with Gasteiger partial charge in [0.2, 0.25) is 0 Å². The minimum atomic E-state index is -4.41. The first kappa shape index (κ1) is 14.8. The smallest absolute Gasteiger partial charge is 0.399 e. The number of hydrogen-bond acceptors (Lipinski definition) is 3. The molecule has 0 unspecified atom stereocenters. The number of aromatic nitrogens is 1. The lowest BCUT2D eigenvalue weighted by molar-refractivity contribution is -0.137. The normalized spacial score (nSPS) is 11.2. The Morgan fingerprint density at radius 2 is 2.00 bits per heavy atom. The standard InChI is InChI=1S/C14H12F3N3O/c15-14(16,17)10-3-1-2-9(6-10)8-20-13(21)12-7-11(18)4-5-19-12/h1-7H,8H2,(H2,18,19)(H,20,21). The van der Waals surface area contributed by atoms with E-state index in [-0.39, 0.29) is 12.2 Å². The second-order valence-electron chi connectivity index (χ2n) is 4.36. The van der Waals surface area contributed by atoms with Gasteiger partial charge in [0.05, 0.1) is 5.56 Å². The molecule has 0 saturated carbocycles. The van der Waals surface area contributed by atoms with Crippen LogP contribution in [0.3, 0.4) is 0 Å². The highest BCUT2D eigenvalue weighted by atomic mass is 19.4. The number of anilines is 1. The summed E-state index contributed by atoms with van der Waals surface area (Å²) in [6, 6.07) is 7.69. The van der Waals surface area contributed by atoms with Gasteiger partial charge in [0.1, 0.15) is 5.69 Å². The summed E-state index contributed by atoms with van der Waals surface area (Å²) in [6.07, 6.45) is -3.02. The van der Waals surface area contributed by atoms with Crippen LogP contribution in [0, 0.1) is 0 Å². The maximum atomic E-state index is 12.6. The summed E-state index contributed by atoms with van der Waals surface area (Å²) in [4.78, 5) is 15.6. The molecule has 0 saturated heterocycles. The van der Waals surface area contributed by atoms with Crippen LogP contribution in [0.1, 0.15) is 21.6 Å². The number of nitrogen functional groups attached to an aromatic ring is 1. The molecule has 1 aromatic carbocycles. The molecule has 0 spiro atoms. The number of nitrogens with two attached hydrogens (primary N) is 1. The van der Waals surface area contributed by atoms with Crippen LogP contribution in [-0.4, -0.2) is 10.9 Å². The van der Waals surface area contributed by atoms with Gasteiger partial charge in [-0.3, -0.25) is 9.78 Å². The highest BCUT2D eigenvalue weighted by molar-refractivity contribution is 5.92. The Morgan fingerprint density at radius 1 is 1.24 bits per heavy atom. The molecule has 1 aromatic heterocycles. The molecule has 1 heterocycles. The number of nitrogens with one attached hydrogen (secondary N) is 1. The molecule has 110 valence electrons. The Labute approximate surface area is 118 Å². The van der Waals surface area contributed by atoms with Crippen LogP contribution in [0.4, 0.5) is 18.9 Å². The molecule has 0 aliphatic carbocycles. The number of pyridine rings is 1. The van der Waals surface area contributed by atoms with Crippen molar-refractivity contribution in [2.75, 3.05) is 5.73 Å². The van der Waals surface area contributed by atoms with E-state index in [2.05, 4.69) is 10.3 Å². The van der Waals surface area contributed by atoms with Gasteiger partial charge in [0.25, 0.3) is 5.91 Å². The summed E-state index contributed by atoms with van der Waals surface area (Å²) in [6.45, 7) is -0.0285. The summed E-state index contributed by atoms with van der Waals surface area (Å²) in [7, 11) is 0. The van der Waals surface area contributed by atoms with Crippen LogP contribution < -0.4 is 11.1 Å². The zero-order valence-electron chi connectivity index (χ0n) is 10.8. The molecular formula is C14H12F3N3O. The van der Waals surface area contributed by atoms with E-state index in [1.807, 2.05) is 0 Å². The number of benzene rings is 1. The van der Waals surface area contributed by atoms with Crippen LogP contribution in [0.5, 0.6) is 0 Å². The number of halogens is 3. The zero-order valence-corrected chi connectivity index (χ0v) is 10.8. The van der Waals surface area contributed by atoms with Crippen molar-refractivity contribution in [3.8, 4) is 0 Å². The van der Waals surface area contributed by atoms with Crippen LogP contribution in [-0.2, 0) is 12.7 Å². The van der Waals surface area contributed by atoms with E-state index in [0.29, 0.717) is 11.3 Å². The van der Waals surface area contributed by atoms with Gasteiger partial charge in [-0.15, -0.1) is 0 Å². The summed E-state index contributed by atoms with van der Waals surface area (Å²) in [5, 5.41) is 2.50. The molecule has 7 heteroatoms. The van der Waals surface area contributed by atoms with Gasteiger partial charge in [-0.1, -0.05) is 12.1 Å². The third-order valence-electron chi connectivity index (χ3n) is 2.72. The Balaban J connectivity index is 2.05. The lowest BCUT2D eigenvalue weighted by Crippen LogP contribution is -2.24. The molecule has 3 N–H and O–H groups in total. The molecular weight excluding hydrogens is 283 g/mol. The molecule has 0 radical (unpaired) electrons. The monoisotopic (exact) mass is 295 g/mol. The molecule has 0 atom stereocenters. The fraction of sp³-hybridized carbons (Fsp3) is 0.143. The van der Waals surface area contributed by atoms with Crippen LogP contribution in [0.2, 0.25) is 0 Å². The van der Waals surface area contributed by atoms with Gasteiger partial charge in [0.15, 0.2) is 0 Å². The highest BCUT2D eigenvalue weighted by Gasteiger charge is 2.30. The van der Waals surface area contributed by atoms with Crippen molar-refractivity contribution >= 4 is 11.6 Å². The first-order valence-electron chi connectivity index (χ1n) is 6.02. The third kappa shape index (κ3) is 3.95. The van der Waals surface area contributed by atoms with Crippen molar-refractivity contribution in [1.82, 2.24) is 10.3 Å². The predicted molar refractivity (Wildman–Crippen MR) is 71.3 cm³/mol. The van der Waals surface area contributed by atoms with E-state index < -0.39 is 17.6 Å². The minimum Gasteiger partial charge on any atom is -0.399 e. The van der Waals surface area contributed by atoms with Gasteiger partial charge >= 0.3 is 6.18 Å². The van der Waals surface area contributed by atoms with Crippen molar-refractivity contribution in [1.29, 1.82) is 0 Å². The number of carbonyl (C=O) groups excluding carboxylic acids is 1. The summed E-state index contributed by atoms with van der Waals surface area (Å²) >= 11 is 0. The average molecular weight is 295 g/mol. The van der Waals surface area contributed by atoms with E-state index in [4.69, 9.17) is 5.73 Å². The Bertz CT molecular complexity index is 656. The minimum absolute atomic E-state index is 0.0285. The van der Waals surface area contributed by atoms with Crippen LogP contribution in [0.25, 0.3) is 0 Å². The average Bonchev–Trinajstić information content (AvgIpc) is 2.44. The van der Waals surface area contributed by atoms with Gasteiger partial charge < -0.3 is 11.1 Å². The molecule has 0 aliphatic heterocycles. The quantitative estimate of drug-likeness (QED) is 0.914. The van der Waals surface area contributed by atoms with Crippen molar-refractivity contribution < 1.29 is 18.0 Å². The second-order valence-corrected chi connectivity index (χ2v) is 4.36. The Hall–Kier alpha value is -2.57. The van der Waals surface area contributed by atoms with Crippen LogP contribution in [0.15, 0.2) is 42.6 Å². The zero-order chi connectivity index (χ0) is 15.5. The fourth-order valence-corrected chi connectivity index (χ4v) is 1.70. The number of alkyl halides is 3. The molecule has 2 rings (SSSR count). The maximum absolute atomic E-state index is 12.6. The van der Waals surface area contributed by atoms with Crippen molar-refractivity contribution in [2.45, 2.75) is 12.7 Å². The van der Waals surface area contributed by atoms with E-state index >= 15 is 0 Å². The Morgan fingerprint density at radius 3 is 2.67 bits per heavy atom. The van der Waals surface area contributed by atoms with Crippen molar-refractivity contribution in [3.63, 3.8) is 0 Å². The fourth-order valence-electron chi connectivity index (χ4n) is 1.70. The summed E-state index contributed by atoms with van der Waals surface area (Å²) in [5.74, 6) is -0.500. The molecule has 4 nitrogen and oxygen atoms in total. The van der Waals surface area contributed by atoms with Gasteiger partial charge in [-0.2, -0.15) is 13.2 Å². The van der Waals surface area contributed by atoms with Crippen LogP contribution >= 0.6 is 0 Å². The SMILES string of the molecule is Nc1ccnc(C(=O)NCc2cccc(C(F)(F)F)c2)c1. The van der Waals surface area contributed by atoms with E-state index in [9.17, 15) is 18.0 Å². The molecule has 1 amide bonds. The second kappa shape index (κ2) is 5.82. The van der Waals surface area contributed by atoms with E-state index in [0.717, 1.165) is 12.1 Å². The van der Waals surface area contributed by atoms with E-state index in [1.54, 1.807) is 0 Å². The number of amides is 1. The molecule has 0 bridgehead atoms. The van der Waals surface area contributed by atoms with E-state index in [1.165, 1.54) is 30.5 Å². The number of hydrogen-bond donors (Lipinski definition) is 2. The molecule has 0 fully saturated rings. The largest absolute Gasteiger partial charge is 0.416 e. The molecule has 21 heavy (non-hydrogen) atoms. The first-order chi connectivity index (χ1) is 9.86. The lowest BCUT2D eigenvalue weighted by atomic mass is 10.1. The van der Waals surface area contributed by atoms with Gasteiger partial charge in [-0.05, 0) is 29.8 Å². The molecule has 2 aromatic rings. The molecule has 0 aliphatic rings. The summed E-state index contributed by atoms with van der Waals surface area (Å²) in [5.41, 5.74) is 5.62. The highest BCUT2D eigenvalue weighted by Crippen LogP contribution is 2.29.